The molecule has 0 radical (unpaired) electrons. The van der Waals surface area contributed by atoms with E-state index in [4.69, 9.17) is 0 Å². The summed E-state index contributed by atoms with van der Waals surface area (Å²) in [6, 6.07) is 10.9. The number of hydrogen-bond donors (Lipinski definition) is 1. The molecule has 0 aliphatic heterocycles. The summed E-state index contributed by atoms with van der Waals surface area (Å²) in [5.74, 6) is 0.783. The van der Waals surface area contributed by atoms with Gasteiger partial charge in [0.1, 0.15) is 0 Å². The van der Waals surface area contributed by atoms with Crippen LogP contribution >= 0.6 is 0 Å². The summed E-state index contributed by atoms with van der Waals surface area (Å²) >= 11 is 0. The standard InChI is InChI=1S/C17H25NO/c1-2-3-4-5-9-12-17(19)18-16-13-15(16)14-10-7-6-8-11-14/h6-8,10-11,15-16H,2-5,9,12-13H2,1H3,(H,18,19). The predicted molar refractivity (Wildman–Crippen MR) is 79.1 cm³/mol. The minimum Gasteiger partial charge on any atom is -0.353 e. The summed E-state index contributed by atoms with van der Waals surface area (Å²) in [6.45, 7) is 2.21. The molecule has 1 N–H and O–H groups in total. The van der Waals surface area contributed by atoms with Crippen molar-refractivity contribution < 1.29 is 4.79 Å². The Labute approximate surface area is 116 Å². The molecule has 1 aliphatic rings. The first-order valence-electron chi connectivity index (χ1n) is 7.65. The minimum atomic E-state index is 0.236. The highest BCUT2D eigenvalue weighted by atomic mass is 16.1. The van der Waals surface area contributed by atoms with Gasteiger partial charge in [0.2, 0.25) is 5.91 Å². The van der Waals surface area contributed by atoms with Crippen molar-refractivity contribution in [3.63, 3.8) is 0 Å². The molecule has 2 rings (SSSR count). The van der Waals surface area contributed by atoms with Crippen LogP contribution in [0.1, 0.15) is 63.4 Å². The van der Waals surface area contributed by atoms with E-state index in [1.165, 1.54) is 31.2 Å². The van der Waals surface area contributed by atoms with Gasteiger partial charge in [-0.25, -0.2) is 0 Å². The lowest BCUT2D eigenvalue weighted by atomic mass is 10.1. The molecule has 2 unspecified atom stereocenters. The average Bonchev–Trinajstić information content (AvgIpc) is 3.19. The van der Waals surface area contributed by atoms with Crippen LogP contribution in [0.15, 0.2) is 30.3 Å². The van der Waals surface area contributed by atoms with Gasteiger partial charge in [0.15, 0.2) is 0 Å². The maximum absolute atomic E-state index is 11.8. The minimum absolute atomic E-state index is 0.236. The van der Waals surface area contributed by atoms with E-state index in [0.29, 0.717) is 18.4 Å². The Hall–Kier alpha value is -1.31. The van der Waals surface area contributed by atoms with Gasteiger partial charge >= 0.3 is 0 Å². The van der Waals surface area contributed by atoms with Crippen molar-refractivity contribution in [2.45, 2.75) is 63.8 Å². The lowest BCUT2D eigenvalue weighted by molar-refractivity contribution is -0.121. The van der Waals surface area contributed by atoms with Crippen LogP contribution in [-0.2, 0) is 4.79 Å². The highest BCUT2D eigenvalue weighted by Gasteiger charge is 2.38. The van der Waals surface area contributed by atoms with Crippen LogP contribution in [0.25, 0.3) is 0 Å². The van der Waals surface area contributed by atoms with Crippen molar-refractivity contribution >= 4 is 5.91 Å². The van der Waals surface area contributed by atoms with E-state index in [1.54, 1.807) is 0 Å². The van der Waals surface area contributed by atoms with Gasteiger partial charge < -0.3 is 5.32 Å². The lowest BCUT2D eigenvalue weighted by Crippen LogP contribution is -2.26. The van der Waals surface area contributed by atoms with Crippen LogP contribution < -0.4 is 5.32 Å². The van der Waals surface area contributed by atoms with Crippen molar-refractivity contribution in [3.8, 4) is 0 Å². The molecule has 1 aromatic carbocycles. The van der Waals surface area contributed by atoms with Crippen LogP contribution in [-0.4, -0.2) is 11.9 Å². The molecule has 1 saturated carbocycles. The van der Waals surface area contributed by atoms with E-state index in [9.17, 15) is 4.79 Å². The van der Waals surface area contributed by atoms with Crippen LogP contribution in [0, 0.1) is 0 Å². The first-order valence-corrected chi connectivity index (χ1v) is 7.65. The molecule has 0 aromatic heterocycles. The summed E-state index contributed by atoms with van der Waals surface area (Å²) < 4.78 is 0. The molecule has 2 heteroatoms. The van der Waals surface area contributed by atoms with E-state index < -0.39 is 0 Å². The maximum atomic E-state index is 11.8. The third-order valence-electron chi connectivity index (χ3n) is 3.87. The number of nitrogens with one attached hydrogen (secondary N) is 1. The summed E-state index contributed by atoms with van der Waals surface area (Å²) in [4.78, 5) is 11.8. The van der Waals surface area contributed by atoms with Crippen LogP contribution in [0.4, 0.5) is 0 Å². The molecule has 1 aromatic rings. The van der Waals surface area contributed by atoms with E-state index in [0.717, 1.165) is 12.8 Å². The molecule has 19 heavy (non-hydrogen) atoms. The number of rotatable bonds is 8. The second kappa shape index (κ2) is 7.32. The molecule has 1 amide bonds. The van der Waals surface area contributed by atoms with Gasteiger partial charge in [0.05, 0.1) is 0 Å². The molecule has 0 spiro atoms. The summed E-state index contributed by atoms with van der Waals surface area (Å²) in [5.41, 5.74) is 1.36. The molecule has 2 atom stereocenters. The van der Waals surface area contributed by atoms with E-state index >= 15 is 0 Å². The number of unbranched alkanes of at least 4 members (excludes halogenated alkanes) is 4. The van der Waals surface area contributed by atoms with Gasteiger partial charge in [-0.05, 0) is 18.4 Å². The molecule has 0 heterocycles. The summed E-state index contributed by atoms with van der Waals surface area (Å²) in [5, 5.41) is 3.15. The zero-order valence-electron chi connectivity index (χ0n) is 11.9. The van der Waals surface area contributed by atoms with Gasteiger partial charge in [-0.2, -0.15) is 0 Å². The molecule has 0 saturated heterocycles. The maximum Gasteiger partial charge on any atom is 0.220 e. The van der Waals surface area contributed by atoms with Crippen molar-refractivity contribution in [1.29, 1.82) is 0 Å². The van der Waals surface area contributed by atoms with Gasteiger partial charge in [0, 0.05) is 18.4 Å². The van der Waals surface area contributed by atoms with E-state index in [1.807, 2.05) is 6.07 Å². The first kappa shape index (κ1) is 14.1. The van der Waals surface area contributed by atoms with Crippen molar-refractivity contribution in [1.82, 2.24) is 5.32 Å². The molecular weight excluding hydrogens is 234 g/mol. The Morgan fingerprint density at radius 2 is 1.89 bits per heavy atom. The highest BCUT2D eigenvalue weighted by Crippen LogP contribution is 2.40. The van der Waals surface area contributed by atoms with Crippen LogP contribution in [0.5, 0.6) is 0 Å². The second-order valence-electron chi connectivity index (χ2n) is 5.59. The number of amides is 1. The number of hydrogen-bond acceptors (Lipinski definition) is 1. The third kappa shape index (κ3) is 4.70. The number of benzene rings is 1. The normalized spacial score (nSPS) is 21.1. The van der Waals surface area contributed by atoms with Gasteiger partial charge in [-0.3, -0.25) is 4.79 Å². The van der Waals surface area contributed by atoms with E-state index in [2.05, 4.69) is 36.5 Å². The molecule has 0 bridgehead atoms. The zero-order chi connectivity index (χ0) is 13.5. The van der Waals surface area contributed by atoms with Crippen molar-refractivity contribution in [2.24, 2.45) is 0 Å². The number of carbonyl (C=O) groups excluding carboxylic acids is 1. The average molecular weight is 259 g/mol. The fourth-order valence-corrected chi connectivity index (χ4v) is 2.59. The highest BCUT2D eigenvalue weighted by molar-refractivity contribution is 5.76. The molecule has 2 nitrogen and oxygen atoms in total. The van der Waals surface area contributed by atoms with E-state index in [-0.39, 0.29) is 5.91 Å². The third-order valence-corrected chi connectivity index (χ3v) is 3.87. The topological polar surface area (TPSA) is 29.1 Å². The molecular formula is C17H25NO. The first-order chi connectivity index (χ1) is 9.31. The quantitative estimate of drug-likeness (QED) is 0.702. The largest absolute Gasteiger partial charge is 0.353 e. The SMILES string of the molecule is CCCCCCCC(=O)NC1CC1c1ccccc1. The molecule has 1 fully saturated rings. The Morgan fingerprint density at radius 3 is 2.63 bits per heavy atom. The van der Waals surface area contributed by atoms with Crippen molar-refractivity contribution in [3.05, 3.63) is 35.9 Å². The Kier molecular flexibility index (Phi) is 5.44. The fourth-order valence-electron chi connectivity index (χ4n) is 2.59. The molecule has 1 aliphatic carbocycles. The Morgan fingerprint density at radius 1 is 1.16 bits per heavy atom. The molecule has 104 valence electrons. The Bertz CT molecular complexity index is 388. The fraction of sp³-hybridized carbons (Fsp3) is 0.588. The number of carbonyl (C=O) groups is 1. The zero-order valence-corrected chi connectivity index (χ0v) is 11.9. The van der Waals surface area contributed by atoms with Crippen LogP contribution in [0.3, 0.4) is 0 Å². The monoisotopic (exact) mass is 259 g/mol. The second-order valence-corrected chi connectivity index (χ2v) is 5.59. The summed E-state index contributed by atoms with van der Waals surface area (Å²) in [7, 11) is 0. The summed E-state index contributed by atoms with van der Waals surface area (Å²) in [6.07, 6.45) is 7.84. The smallest absolute Gasteiger partial charge is 0.220 e. The van der Waals surface area contributed by atoms with Crippen molar-refractivity contribution in [2.75, 3.05) is 0 Å². The van der Waals surface area contributed by atoms with Gasteiger partial charge in [-0.15, -0.1) is 0 Å². The van der Waals surface area contributed by atoms with Gasteiger partial charge in [-0.1, -0.05) is 62.9 Å². The van der Waals surface area contributed by atoms with Gasteiger partial charge in [0.25, 0.3) is 0 Å². The Balaban J connectivity index is 1.60. The lowest BCUT2D eigenvalue weighted by Gasteiger charge is -2.05. The van der Waals surface area contributed by atoms with Crippen LogP contribution in [0.2, 0.25) is 0 Å². The predicted octanol–water partition coefficient (Wildman–Crippen LogP) is 4.02.